The molecule has 4 rings (SSSR count). The van der Waals surface area contributed by atoms with Gasteiger partial charge in [0, 0.05) is 0 Å². The Bertz CT molecular complexity index is 1210. The molecule has 0 unspecified atom stereocenters. The van der Waals surface area contributed by atoms with Crippen molar-refractivity contribution in [2.75, 3.05) is 5.06 Å². The topological polar surface area (TPSA) is 80.3 Å². The maximum Gasteiger partial charge on any atom is 0.544 e. The fourth-order valence-electron chi connectivity index (χ4n) is 2.76. The molecule has 0 aliphatic heterocycles. The number of aromatic amines is 1. The number of alkyl halides is 3. The summed E-state index contributed by atoms with van der Waals surface area (Å²) in [5, 5.41) is 0.350. The standard InChI is InChI=1S/C20H13F3N4O3/c21-20(22,23)30-27(13-7-3-1-4-8-13)16-12-24-11-15-17(16)18(28)26-19(25-15)29-14-9-5-2-6-10-14/h1-12H,(H,25,26,28). The lowest BCUT2D eigenvalue weighted by molar-refractivity contribution is -0.325. The van der Waals surface area contributed by atoms with Crippen molar-refractivity contribution in [2.24, 2.45) is 0 Å². The Kier molecular flexibility index (Phi) is 5.07. The summed E-state index contributed by atoms with van der Waals surface area (Å²) in [7, 11) is 0. The van der Waals surface area contributed by atoms with Gasteiger partial charge in [0.2, 0.25) is 0 Å². The zero-order chi connectivity index (χ0) is 21.1. The number of fused-ring (bicyclic) bond motifs is 1. The first-order valence-electron chi connectivity index (χ1n) is 8.63. The first kappa shape index (κ1) is 19.4. The smallest absolute Gasteiger partial charge is 0.426 e. The number of nitrogens with one attached hydrogen (secondary N) is 1. The zero-order valence-electron chi connectivity index (χ0n) is 15.1. The van der Waals surface area contributed by atoms with E-state index in [0.717, 1.165) is 6.20 Å². The van der Waals surface area contributed by atoms with Crippen LogP contribution in [0.2, 0.25) is 0 Å². The molecular weight excluding hydrogens is 401 g/mol. The van der Waals surface area contributed by atoms with Crippen molar-refractivity contribution in [2.45, 2.75) is 6.36 Å². The number of pyridine rings is 1. The van der Waals surface area contributed by atoms with Crippen LogP contribution in [0.25, 0.3) is 10.9 Å². The van der Waals surface area contributed by atoms with Crippen LogP contribution in [-0.4, -0.2) is 21.3 Å². The highest BCUT2D eigenvalue weighted by Gasteiger charge is 2.35. The molecule has 0 saturated carbocycles. The summed E-state index contributed by atoms with van der Waals surface area (Å²) in [6, 6.07) is 16.0. The van der Waals surface area contributed by atoms with E-state index in [0.29, 0.717) is 10.8 Å². The van der Waals surface area contributed by atoms with Crippen LogP contribution < -0.4 is 15.4 Å². The van der Waals surface area contributed by atoms with Crippen molar-refractivity contribution in [3.8, 4) is 11.8 Å². The molecule has 7 nitrogen and oxygen atoms in total. The number of halogens is 3. The monoisotopic (exact) mass is 414 g/mol. The highest BCUT2D eigenvalue weighted by atomic mass is 19.4. The van der Waals surface area contributed by atoms with E-state index < -0.39 is 11.9 Å². The van der Waals surface area contributed by atoms with Crippen LogP contribution in [0, 0.1) is 0 Å². The van der Waals surface area contributed by atoms with Gasteiger partial charge in [0.05, 0.1) is 23.5 Å². The number of nitrogens with zero attached hydrogens (tertiary/aromatic N) is 3. The first-order chi connectivity index (χ1) is 14.4. The third kappa shape index (κ3) is 4.23. The molecule has 2 heterocycles. The van der Waals surface area contributed by atoms with Crippen molar-refractivity contribution in [3.63, 3.8) is 0 Å². The van der Waals surface area contributed by atoms with E-state index in [1.54, 1.807) is 36.4 Å². The van der Waals surface area contributed by atoms with Gasteiger partial charge >= 0.3 is 12.4 Å². The molecule has 2 aromatic heterocycles. The minimum atomic E-state index is -5.01. The Hall–Kier alpha value is -3.92. The number of benzene rings is 2. The lowest BCUT2D eigenvalue weighted by Crippen LogP contribution is -2.29. The fourth-order valence-corrected chi connectivity index (χ4v) is 2.76. The van der Waals surface area contributed by atoms with Crippen LogP contribution in [0.15, 0.2) is 77.9 Å². The van der Waals surface area contributed by atoms with E-state index in [9.17, 15) is 18.0 Å². The second-order valence-corrected chi connectivity index (χ2v) is 6.01. The molecule has 0 bridgehead atoms. The maximum absolute atomic E-state index is 13.1. The molecule has 10 heteroatoms. The minimum absolute atomic E-state index is 0.0360. The van der Waals surface area contributed by atoms with Crippen molar-refractivity contribution >= 4 is 22.3 Å². The Morgan fingerprint density at radius 1 is 0.933 bits per heavy atom. The SMILES string of the molecule is O=c1[nH]c(Oc2ccccc2)nc2cncc(N(OC(F)(F)F)c3ccccc3)c12. The second kappa shape index (κ2) is 7.84. The number of para-hydroxylation sites is 2. The Morgan fingerprint density at radius 3 is 2.27 bits per heavy atom. The number of anilines is 2. The van der Waals surface area contributed by atoms with Crippen LogP contribution in [0.4, 0.5) is 24.5 Å². The van der Waals surface area contributed by atoms with Crippen molar-refractivity contribution in [1.82, 2.24) is 15.0 Å². The molecule has 0 saturated heterocycles. The van der Waals surface area contributed by atoms with Crippen LogP contribution in [0.1, 0.15) is 0 Å². The fraction of sp³-hybridized carbons (Fsp3) is 0.0500. The first-order valence-corrected chi connectivity index (χ1v) is 8.63. The highest BCUT2D eigenvalue weighted by molar-refractivity contribution is 5.91. The molecule has 0 spiro atoms. The number of aromatic nitrogens is 3. The third-order valence-corrected chi connectivity index (χ3v) is 3.94. The molecule has 4 aromatic rings. The summed E-state index contributed by atoms with van der Waals surface area (Å²) in [6.45, 7) is 0. The number of hydrogen-bond acceptors (Lipinski definition) is 6. The largest absolute Gasteiger partial charge is 0.544 e. The average Bonchev–Trinajstić information content (AvgIpc) is 2.72. The number of ether oxygens (including phenoxy) is 1. The molecule has 2 aromatic carbocycles. The van der Waals surface area contributed by atoms with Gasteiger partial charge in [-0.2, -0.15) is 9.82 Å². The molecule has 0 aliphatic rings. The van der Waals surface area contributed by atoms with E-state index in [2.05, 4.69) is 19.8 Å². The lowest BCUT2D eigenvalue weighted by Gasteiger charge is -2.25. The van der Waals surface area contributed by atoms with Gasteiger partial charge < -0.3 is 4.74 Å². The minimum Gasteiger partial charge on any atom is -0.426 e. The van der Waals surface area contributed by atoms with E-state index in [1.165, 1.54) is 30.5 Å². The van der Waals surface area contributed by atoms with Crippen molar-refractivity contribution in [3.05, 3.63) is 83.4 Å². The van der Waals surface area contributed by atoms with E-state index in [4.69, 9.17) is 4.74 Å². The van der Waals surface area contributed by atoms with Crippen LogP contribution in [0.5, 0.6) is 11.8 Å². The molecule has 0 aliphatic carbocycles. The van der Waals surface area contributed by atoms with Gasteiger partial charge in [-0.25, -0.2) is 5.06 Å². The van der Waals surface area contributed by atoms with Gasteiger partial charge in [-0.3, -0.25) is 14.8 Å². The number of H-pyrrole nitrogens is 1. The summed E-state index contributed by atoms with van der Waals surface area (Å²) in [5.41, 5.74) is -0.854. The predicted octanol–water partition coefficient (Wildman–Crippen LogP) is 4.70. The molecule has 1 N–H and O–H groups in total. The molecule has 152 valence electrons. The van der Waals surface area contributed by atoms with Gasteiger partial charge in [0.25, 0.3) is 5.56 Å². The Labute approximate surface area is 167 Å². The third-order valence-electron chi connectivity index (χ3n) is 3.94. The molecule has 0 radical (unpaired) electrons. The van der Waals surface area contributed by atoms with Crippen LogP contribution in [0.3, 0.4) is 0 Å². The van der Waals surface area contributed by atoms with E-state index >= 15 is 0 Å². The van der Waals surface area contributed by atoms with Crippen molar-refractivity contribution < 1.29 is 22.7 Å². The van der Waals surface area contributed by atoms with Crippen molar-refractivity contribution in [1.29, 1.82) is 0 Å². The average molecular weight is 414 g/mol. The maximum atomic E-state index is 13.1. The molecule has 30 heavy (non-hydrogen) atoms. The Balaban J connectivity index is 1.83. The normalized spacial score (nSPS) is 11.4. The van der Waals surface area contributed by atoms with Gasteiger partial charge in [0.1, 0.15) is 17.0 Å². The molecule has 0 fully saturated rings. The van der Waals surface area contributed by atoms with E-state index in [1.807, 2.05) is 0 Å². The number of hydrogen-bond donors (Lipinski definition) is 1. The second-order valence-electron chi connectivity index (χ2n) is 6.01. The summed E-state index contributed by atoms with van der Waals surface area (Å²) in [5.74, 6) is 0.426. The highest BCUT2D eigenvalue weighted by Crippen LogP contribution is 2.34. The zero-order valence-corrected chi connectivity index (χ0v) is 15.1. The molecule has 0 amide bonds. The van der Waals surface area contributed by atoms with Gasteiger partial charge in [0.15, 0.2) is 0 Å². The van der Waals surface area contributed by atoms with E-state index in [-0.39, 0.29) is 28.3 Å². The summed E-state index contributed by atoms with van der Waals surface area (Å²) < 4.78 is 44.7. The van der Waals surface area contributed by atoms with Crippen LogP contribution >= 0.6 is 0 Å². The van der Waals surface area contributed by atoms with Gasteiger partial charge in [-0.15, -0.1) is 13.2 Å². The molecule has 0 atom stereocenters. The summed E-state index contributed by atoms with van der Waals surface area (Å²) >= 11 is 0. The van der Waals surface area contributed by atoms with Gasteiger partial charge in [-0.05, 0) is 24.3 Å². The molecular formula is C20H13F3N4O3. The summed E-state index contributed by atoms with van der Waals surface area (Å²) in [6.07, 6.45) is -2.66. The quantitative estimate of drug-likeness (QED) is 0.477. The predicted molar refractivity (Wildman–Crippen MR) is 102 cm³/mol. The lowest BCUT2D eigenvalue weighted by atomic mass is 10.2. The van der Waals surface area contributed by atoms with Crippen LogP contribution in [-0.2, 0) is 4.84 Å². The Morgan fingerprint density at radius 2 is 1.60 bits per heavy atom. The number of rotatable bonds is 5. The summed E-state index contributed by atoms with van der Waals surface area (Å²) in [4.78, 5) is 27.4. The van der Waals surface area contributed by atoms with Gasteiger partial charge in [-0.1, -0.05) is 36.4 Å².